The van der Waals surface area contributed by atoms with E-state index in [0.717, 1.165) is 44.3 Å². The summed E-state index contributed by atoms with van der Waals surface area (Å²) in [6.07, 6.45) is 6.12. The molecule has 0 aromatic carbocycles. The maximum Gasteiger partial charge on any atom is 0.315 e. The number of carbonyl (C=O) groups excluding carboxylic acids is 3. The van der Waals surface area contributed by atoms with Gasteiger partial charge in [0, 0.05) is 24.0 Å². The van der Waals surface area contributed by atoms with E-state index in [1.54, 1.807) is 14.0 Å². The Labute approximate surface area is 160 Å². The number of hydrogen-bond donors (Lipinski definition) is 4. The van der Waals surface area contributed by atoms with Crippen LogP contribution in [0.4, 0.5) is 4.79 Å². The van der Waals surface area contributed by atoms with E-state index in [2.05, 4.69) is 21.3 Å². The molecule has 0 saturated carbocycles. The molecule has 0 aromatic heterocycles. The lowest BCUT2D eigenvalue weighted by molar-refractivity contribution is -0.121. The fraction of sp³-hybridized carbons (Fsp3) is 0.833. The number of nitrogens with one attached hydrogen (secondary N) is 4. The molecule has 0 radical (unpaired) electrons. The molecule has 0 bridgehead atoms. The van der Waals surface area contributed by atoms with Gasteiger partial charge < -0.3 is 21.3 Å². The van der Waals surface area contributed by atoms with Crippen LogP contribution >= 0.6 is 11.8 Å². The van der Waals surface area contributed by atoms with Crippen LogP contribution in [0.3, 0.4) is 0 Å². The van der Waals surface area contributed by atoms with E-state index < -0.39 is 0 Å². The molecule has 0 spiro atoms. The zero-order valence-corrected chi connectivity index (χ0v) is 16.6. The number of urea groups is 1. The molecule has 26 heavy (non-hydrogen) atoms. The minimum atomic E-state index is -0.0707. The lowest BCUT2D eigenvalue weighted by atomic mass is 10.0. The number of thioether (sulfide) groups is 1. The highest BCUT2D eigenvalue weighted by Crippen LogP contribution is 2.33. The van der Waals surface area contributed by atoms with Crippen molar-refractivity contribution in [3.8, 4) is 0 Å². The van der Waals surface area contributed by atoms with Gasteiger partial charge in [-0.15, -0.1) is 0 Å². The van der Waals surface area contributed by atoms with Crippen molar-refractivity contribution in [3.63, 3.8) is 0 Å². The molecule has 0 aliphatic carbocycles. The number of Topliss-reactive ketones (excluding diaryl/α,β-unsaturated/α-hetero) is 1. The van der Waals surface area contributed by atoms with Gasteiger partial charge in [-0.05, 0) is 46.1 Å². The molecule has 3 amide bonds. The Hall–Kier alpha value is -1.28. The summed E-state index contributed by atoms with van der Waals surface area (Å²) in [5.74, 6) is 1.25. The summed E-state index contributed by atoms with van der Waals surface area (Å²) in [5.41, 5.74) is 0. The van der Waals surface area contributed by atoms with Gasteiger partial charge in [0.05, 0.1) is 18.1 Å². The third-order valence-electron chi connectivity index (χ3n) is 5.16. The number of unbranched alkanes of at least 4 members (excludes halogenated alkanes) is 2. The quantitative estimate of drug-likeness (QED) is 0.299. The first-order valence-electron chi connectivity index (χ1n) is 9.64. The van der Waals surface area contributed by atoms with Crippen LogP contribution in [-0.4, -0.2) is 60.4 Å². The molecular weight excluding hydrogens is 352 g/mol. The minimum absolute atomic E-state index is 0.0472. The lowest BCUT2D eigenvalue weighted by Crippen LogP contribution is -2.36. The standard InChI is InChI=1S/C18H32N4O3S/c1-12(23)13(19-2)7-5-6-10-20-16(24)9-4-3-8-15-17-14(11-26-15)21-18(25)22-17/h13-15,17,19H,3-11H2,1-2H3,(H,20,24)(H2,21,22,25)/t13-,14+,15?,17+/m0/s1. The van der Waals surface area contributed by atoms with Crippen molar-refractivity contribution in [3.05, 3.63) is 0 Å². The Bertz CT molecular complexity index is 503. The van der Waals surface area contributed by atoms with E-state index in [1.165, 1.54) is 0 Å². The van der Waals surface area contributed by atoms with Gasteiger partial charge in [0.25, 0.3) is 0 Å². The monoisotopic (exact) mass is 384 g/mol. The number of amides is 3. The predicted molar refractivity (Wildman–Crippen MR) is 104 cm³/mol. The Morgan fingerprint density at radius 3 is 2.77 bits per heavy atom. The zero-order valence-electron chi connectivity index (χ0n) is 15.8. The van der Waals surface area contributed by atoms with Crippen LogP contribution in [0.2, 0.25) is 0 Å². The zero-order chi connectivity index (χ0) is 18.9. The Morgan fingerprint density at radius 2 is 2.04 bits per heavy atom. The molecule has 4 atom stereocenters. The van der Waals surface area contributed by atoms with Crippen molar-refractivity contribution >= 4 is 29.5 Å². The summed E-state index contributed by atoms with van der Waals surface area (Å²) in [5, 5.41) is 12.4. The second-order valence-corrected chi connectivity index (χ2v) is 8.44. The Morgan fingerprint density at radius 1 is 1.23 bits per heavy atom. The average molecular weight is 385 g/mol. The van der Waals surface area contributed by atoms with Crippen molar-refractivity contribution in [1.82, 2.24) is 21.3 Å². The number of fused-ring (bicyclic) bond motifs is 1. The van der Waals surface area contributed by atoms with E-state index in [9.17, 15) is 14.4 Å². The second kappa shape index (κ2) is 10.8. The van der Waals surface area contributed by atoms with Crippen molar-refractivity contribution in [1.29, 1.82) is 0 Å². The molecule has 2 saturated heterocycles. The maximum atomic E-state index is 11.9. The second-order valence-electron chi connectivity index (χ2n) is 7.17. The van der Waals surface area contributed by atoms with Gasteiger partial charge in [-0.25, -0.2) is 4.79 Å². The molecule has 7 nitrogen and oxygen atoms in total. The number of rotatable bonds is 12. The molecule has 2 aliphatic heterocycles. The first kappa shape index (κ1) is 21.0. The first-order chi connectivity index (χ1) is 12.5. The molecule has 4 N–H and O–H groups in total. The Balaban J connectivity index is 1.47. The van der Waals surface area contributed by atoms with Crippen LogP contribution in [0.1, 0.15) is 51.9 Å². The third kappa shape index (κ3) is 6.46. The predicted octanol–water partition coefficient (Wildman–Crippen LogP) is 1.18. The van der Waals surface area contributed by atoms with Crippen LogP contribution in [0.15, 0.2) is 0 Å². The van der Waals surface area contributed by atoms with Gasteiger partial charge in [0.15, 0.2) is 0 Å². The molecular formula is C18H32N4O3S. The topological polar surface area (TPSA) is 99.3 Å². The molecule has 8 heteroatoms. The SMILES string of the molecule is CN[C@@H](CCCCNC(=O)CCCCC1SC[C@H]2NC(=O)N[C@@H]12)C(C)=O. The highest BCUT2D eigenvalue weighted by Gasteiger charge is 2.42. The van der Waals surface area contributed by atoms with Crippen molar-refractivity contribution in [2.24, 2.45) is 0 Å². The van der Waals surface area contributed by atoms with Crippen LogP contribution in [0, 0.1) is 0 Å². The van der Waals surface area contributed by atoms with Gasteiger partial charge >= 0.3 is 6.03 Å². The maximum absolute atomic E-state index is 11.9. The fourth-order valence-corrected chi connectivity index (χ4v) is 5.16. The molecule has 1 unspecified atom stereocenters. The molecule has 148 valence electrons. The normalized spacial score (nSPS) is 25.3. The number of hydrogen-bond acceptors (Lipinski definition) is 5. The van der Waals surface area contributed by atoms with Gasteiger partial charge in [0.2, 0.25) is 5.91 Å². The van der Waals surface area contributed by atoms with Crippen LogP contribution < -0.4 is 21.3 Å². The van der Waals surface area contributed by atoms with Gasteiger partial charge in [-0.3, -0.25) is 9.59 Å². The van der Waals surface area contributed by atoms with Crippen LogP contribution in [-0.2, 0) is 9.59 Å². The smallest absolute Gasteiger partial charge is 0.315 e. The van der Waals surface area contributed by atoms with Crippen molar-refractivity contribution < 1.29 is 14.4 Å². The highest BCUT2D eigenvalue weighted by atomic mass is 32.2. The van der Waals surface area contributed by atoms with Gasteiger partial charge in [-0.2, -0.15) is 11.8 Å². The summed E-state index contributed by atoms with van der Waals surface area (Å²) in [6.45, 7) is 2.28. The summed E-state index contributed by atoms with van der Waals surface area (Å²) < 4.78 is 0. The van der Waals surface area contributed by atoms with E-state index in [0.29, 0.717) is 18.2 Å². The molecule has 2 heterocycles. The summed E-state index contributed by atoms with van der Waals surface area (Å²) >= 11 is 1.91. The van der Waals surface area contributed by atoms with Crippen molar-refractivity contribution in [2.75, 3.05) is 19.3 Å². The highest BCUT2D eigenvalue weighted by molar-refractivity contribution is 8.00. The van der Waals surface area contributed by atoms with Crippen LogP contribution in [0.5, 0.6) is 0 Å². The first-order valence-corrected chi connectivity index (χ1v) is 10.7. The van der Waals surface area contributed by atoms with E-state index in [4.69, 9.17) is 0 Å². The lowest BCUT2D eigenvalue weighted by Gasteiger charge is -2.16. The summed E-state index contributed by atoms with van der Waals surface area (Å²) in [6, 6.07) is 0.400. The number of carbonyl (C=O) groups is 3. The largest absolute Gasteiger partial charge is 0.356 e. The Kier molecular flexibility index (Phi) is 8.71. The third-order valence-corrected chi connectivity index (χ3v) is 6.67. The minimum Gasteiger partial charge on any atom is -0.356 e. The van der Waals surface area contributed by atoms with Gasteiger partial charge in [0.1, 0.15) is 5.78 Å². The number of ketones is 1. The number of likely N-dealkylation sites (N-methyl/N-ethyl adjacent to an activating group) is 1. The summed E-state index contributed by atoms with van der Waals surface area (Å²) in [7, 11) is 1.80. The molecule has 2 rings (SSSR count). The van der Waals surface area contributed by atoms with Gasteiger partial charge in [-0.1, -0.05) is 6.42 Å². The average Bonchev–Trinajstić information content (AvgIpc) is 3.14. The fourth-order valence-electron chi connectivity index (χ4n) is 3.61. The van der Waals surface area contributed by atoms with E-state index in [-0.39, 0.29) is 35.8 Å². The molecule has 0 aromatic rings. The van der Waals surface area contributed by atoms with Crippen molar-refractivity contribution in [2.45, 2.75) is 75.2 Å². The molecule has 2 aliphatic rings. The summed E-state index contributed by atoms with van der Waals surface area (Å²) in [4.78, 5) is 34.5. The van der Waals surface area contributed by atoms with Crippen LogP contribution in [0.25, 0.3) is 0 Å². The van der Waals surface area contributed by atoms with E-state index >= 15 is 0 Å². The van der Waals surface area contributed by atoms with E-state index in [1.807, 2.05) is 11.8 Å². The molecule has 2 fully saturated rings.